The average Bonchev–Trinajstić information content (AvgIpc) is 2.66. The van der Waals surface area contributed by atoms with Crippen LogP contribution in [0, 0.1) is 10.1 Å². The monoisotopic (exact) mass is 426 g/mol. The van der Waals surface area contributed by atoms with Crippen molar-refractivity contribution >= 4 is 11.8 Å². The molecule has 1 N–H and O–H groups in total. The van der Waals surface area contributed by atoms with Gasteiger partial charge < -0.3 is 10.1 Å². The zero-order chi connectivity index (χ0) is 23.2. The van der Waals surface area contributed by atoms with Crippen LogP contribution >= 0.6 is 0 Å². The molecule has 0 fully saturated rings. The number of nitro groups is 1. The number of hydrogen-bond acceptors (Lipinski definition) is 6. The van der Waals surface area contributed by atoms with Crippen LogP contribution in [0.25, 0.3) is 0 Å². The number of non-ortho nitro benzene ring substituents is 1. The fourth-order valence-corrected chi connectivity index (χ4v) is 2.79. The summed E-state index contributed by atoms with van der Waals surface area (Å²) in [5, 5.41) is 22.9. The first-order valence-electron chi connectivity index (χ1n) is 10.1. The van der Waals surface area contributed by atoms with Gasteiger partial charge in [0.1, 0.15) is 11.6 Å². The molecule has 0 heterocycles. The third-order valence-electron chi connectivity index (χ3n) is 4.07. The Balaban J connectivity index is 2.52. The van der Waals surface area contributed by atoms with Gasteiger partial charge >= 0.3 is 6.09 Å². The van der Waals surface area contributed by atoms with Crippen molar-refractivity contribution in [1.82, 2.24) is 5.32 Å². The van der Waals surface area contributed by atoms with Crippen LogP contribution in [0.15, 0.2) is 64.8 Å². The average molecular weight is 427 g/mol. The van der Waals surface area contributed by atoms with Gasteiger partial charge in [0.2, 0.25) is 0 Å². The van der Waals surface area contributed by atoms with Crippen molar-refractivity contribution in [3.8, 4) is 0 Å². The molecule has 1 amide bonds. The summed E-state index contributed by atoms with van der Waals surface area (Å²) in [6.45, 7) is 11.1. The highest BCUT2D eigenvalue weighted by molar-refractivity contribution is 5.68. The predicted molar refractivity (Wildman–Crippen MR) is 119 cm³/mol. The molecule has 0 radical (unpaired) electrons. The van der Waals surface area contributed by atoms with E-state index in [2.05, 4.69) is 15.5 Å². The van der Waals surface area contributed by atoms with Gasteiger partial charge in [0.05, 0.1) is 16.5 Å². The van der Waals surface area contributed by atoms with Gasteiger partial charge in [-0.05, 0) is 64.8 Å². The first kappa shape index (κ1) is 24.0. The van der Waals surface area contributed by atoms with Crippen LogP contribution in [0.4, 0.5) is 10.5 Å². The van der Waals surface area contributed by atoms with E-state index in [9.17, 15) is 14.9 Å². The van der Waals surface area contributed by atoms with Crippen LogP contribution in [-0.2, 0) is 4.74 Å². The van der Waals surface area contributed by atoms with Crippen LogP contribution in [0.1, 0.15) is 64.8 Å². The van der Waals surface area contributed by atoms with Crippen molar-refractivity contribution in [3.05, 3.63) is 75.8 Å². The lowest BCUT2D eigenvalue weighted by molar-refractivity contribution is -0.384. The normalized spacial score (nSPS) is 14.1. The van der Waals surface area contributed by atoms with Gasteiger partial charge in [0, 0.05) is 12.1 Å². The van der Waals surface area contributed by atoms with E-state index in [0.717, 1.165) is 5.56 Å². The van der Waals surface area contributed by atoms with E-state index in [1.165, 1.54) is 12.1 Å². The van der Waals surface area contributed by atoms with Gasteiger partial charge in [-0.2, -0.15) is 10.2 Å². The Hall–Kier alpha value is -3.29. The zero-order valence-corrected chi connectivity index (χ0v) is 18.8. The summed E-state index contributed by atoms with van der Waals surface area (Å²) in [6.07, 6.45) is -0.584. The molecule has 0 unspecified atom stereocenters. The lowest BCUT2D eigenvalue weighted by Gasteiger charge is -2.28. The number of nitrogens with one attached hydrogen (secondary N) is 1. The molecule has 31 heavy (non-hydrogen) atoms. The molecule has 0 aliphatic carbocycles. The quantitative estimate of drug-likeness (QED) is 0.339. The van der Waals surface area contributed by atoms with Gasteiger partial charge in [0.25, 0.3) is 5.69 Å². The first-order chi connectivity index (χ1) is 14.4. The summed E-state index contributed by atoms with van der Waals surface area (Å²) in [4.78, 5) is 23.2. The van der Waals surface area contributed by atoms with E-state index in [1.807, 2.05) is 51.1 Å². The highest BCUT2D eigenvalue weighted by Crippen LogP contribution is 2.34. The molecule has 0 aliphatic rings. The Kier molecular flexibility index (Phi) is 7.49. The summed E-state index contributed by atoms with van der Waals surface area (Å²) in [5.74, 6) is 0. The molecule has 0 saturated heterocycles. The molecule has 166 valence electrons. The number of nitrogens with zero attached hydrogens (tertiary/aromatic N) is 3. The van der Waals surface area contributed by atoms with Crippen LogP contribution in [0.2, 0.25) is 0 Å². The second-order valence-electron chi connectivity index (χ2n) is 9.21. The molecule has 0 bridgehead atoms. The third kappa shape index (κ3) is 7.81. The van der Waals surface area contributed by atoms with E-state index < -0.39 is 34.2 Å². The zero-order valence-electron chi connectivity index (χ0n) is 18.8. The minimum absolute atomic E-state index is 0.0216. The van der Waals surface area contributed by atoms with Crippen molar-refractivity contribution < 1.29 is 14.5 Å². The summed E-state index contributed by atoms with van der Waals surface area (Å²) < 4.78 is 5.46. The maximum atomic E-state index is 12.6. The number of ether oxygens (including phenoxy) is 1. The predicted octanol–water partition coefficient (Wildman–Crippen LogP) is 6.15. The smallest absolute Gasteiger partial charge is 0.408 e. The Morgan fingerprint density at radius 2 is 1.55 bits per heavy atom. The van der Waals surface area contributed by atoms with Crippen molar-refractivity contribution in [2.45, 2.75) is 64.8 Å². The fourth-order valence-electron chi connectivity index (χ4n) is 2.79. The minimum Gasteiger partial charge on any atom is -0.444 e. The van der Waals surface area contributed by atoms with Gasteiger partial charge in [-0.3, -0.25) is 10.1 Å². The minimum atomic E-state index is -0.666. The van der Waals surface area contributed by atoms with Crippen molar-refractivity contribution in [2.75, 3.05) is 0 Å². The van der Waals surface area contributed by atoms with Gasteiger partial charge in [-0.15, -0.1) is 0 Å². The molecule has 0 aromatic heterocycles. The SMILES string of the molecule is CC(C)(C)N=N[C@@H](c1ccc([N+](=O)[O-])cc1)[C@H](NC(=O)OC(C)(C)C)c1ccccc1. The number of benzene rings is 2. The molecule has 2 rings (SSSR count). The number of amides is 1. The Labute approximate surface area is 182 Å². The fraction of sp³-hybridized carbons (Fsp3) is 0.435. The third-order valence-corrected chi connectivity index (χ3v) is 4.07. The van der Waals surface area contributed by atoms with E-state index >= 15 is 0 Å². The van der Waals surface area contributed by atoms with Gasteiger partial charge in [0.15, 0.2) is 0 Å². The summed E-state index contributed by atoms with van der Waals surface area (Å²) in [6, 6.07) is 14.3. The largest absolute Gasteiger partial charge is 0.444 e. The van der Waals surface area contributed by atoms with Gasteiger partial charge in [-0.1, -0.05) is 30.3 Å². The van der Waals surface area contributed by atoms with Crippen molar-refractivity contribution in [3.63, 3.8) is 0 Å². The second kappa shape index (κ2) is 9.68. The van der Waals surface area contributed by atoms with Crippen LogP contribution < -0.4 is 5.32 Å². The van der Waals surface area contributed by atoms with E-state index in [-0.39, 0.29) is 5.69 Å². The first-order valence-corrected chi connectivity index (χ1v) is 10.1. The van der Waals surface area contributed by atoms with Gasteiger partial charge in [-0.25, -0.2) is 4.79 Å². The summed E-state index contributed by atoms with van der Waals surface area (Å²) in [5.41, 5.74) is 0.368. The Bertz CT molecular complexity index is 913. The van der Waals surface area contributed by atoms with Crippen LogP contribution in [-0.4, -0.2) is 22.2 Å². The number of carbonyl (C=O) groups excluding carboxylic acids is 1. The lowest BCUT2D eigenvalue weighted by Crippen LogP contribution is -2.37. The second-order valence-corrected chi connectivity index (χ2v) is 9.21. The highest BCUT2D eigenvalue weighted by Gasteiger charge is 2.29. The topological polar surface area (TPSA) is 106 Å². The molecular weight excluding hydrogens is 396 g/mol. The molecule has 8 heteroatoms. The molecule has 0 saturated carbocycles. The standard InChI is InChI=1S/C23H30N4O4/c1-22(2,3)26-25-20(17-12-14-18(15-13-17)27(29)30)19(16-10-8-7-9-11-16)24-21(28)31-23(4,5)6/h7-15,19-20H,1-6H3,(H,24,28)/t19-,20+/m1/s1. The van der Waals surface area contributed by atoms with E-state index in [1.54, 1.807) is 32.9 Å². The number of rotatable bonds is 6. The summed E-state index contributed by atoms with van der Waals surface area (Å²) in [7, 11) is 0. The number of alkyl carbamates (subject to hydrolysis) is 1. The molecular formula is C23H30N4O4. The number of azo groups is 1. The maximum absolute atomic E-state index is 12.6. The maximum Gasteiger partial charge on any atom is 0.408 e. The molecule has 2 atom stereocenters. The molecule has 8 nitrogen and oxygen atoms in total. The number of hydrogen-bond donors (Lipinski definition) is 1. The molecule has 2 aromatic carbocycles. The molecule has 0 spiro atoms. The Morgan fingerprint density at radius 3 is 2.03 bits per heavy atom. The van der Waals surface area contributed by atoms with Crippen molar-refractivity contribution in [2.24, 2.45) is 10.2 Å². The van der Waals surface area contributed by atoms with Crippen LogP contribution in [0.5, 0.6) is 0 Å². The van der Waals surface area contributed by atoms with Crippen molar-refractivity contribution in [1.29, 1.82) is 0 Å². The summed E-state index contributed by atoms with van der Waals surface area (Å²) >= 11 is 0. The van der Waals surface area contributed by atoms with E-state index in [0.29, 0.717) is 5.56 Å². The number of nitro benzene ring substituents is 1. The Morgan fingerprint density at radius 1 is 0.968 bits per heavy atom. The molecule has 0 aliphatic heterocycles. The lowest BCUT2D eigenvalue weighted by atomic mass is 9.94. The number of carbonyl (C=O) groups is 1. The highest BCUT2D eigenvalue weighted by atomic mass is 16.6. The molecule has 2 aromatic rings. The van der Waals surface area contributed by atoms with E-state index in [4.69, 9.17) is 4.74 Å². The van der Waals surface area contributed by atoms with Crippen LogP contribution in [0.3, 0.4) is 0 Å².